The molecule has 2 aromatic heterocycles. The van der Waals surface area contributed by atoms with Crippen LogP contribution in [0, 0.1) is 23.2 Å². The largest absolute Gasteiger partial charge is 0.461 e. The maximum absolute atomic E-state index is 12.7. The molecule has 206 valence electrons. The van der Waals surface area contributed by atoms with Gasteiger partial charge in [-0.05, 0) is 51.7 Å². The van der Waals surface area contributed by atoms with E-state index in [-0.39, 0.29) is 30.3 Å². The van der Waals surface area contributed by atoms with Crippen LogP contribution in [0.3, 0.4) is 0 Å². The molecule has 2 aliphatic heterocycles. The molecule has 0 spiro atoms. The van der Waals surface area contributed by atoms with Gasteiger partial charge in [-0.2, -0.15) is 10.4 Å². The van der Waals surface area contributed by atoms with Crippen LogP contribution in [0.4, 0.5) is 5.82 Å². The summed E-state index contributed by atoms with van der Waals surface area (Å²) in [6.45, 7) is 11.0. The number of nitrogens with zero attached hydrogens (tertiary/aromatic N) is 4. The predicted molar refractivity (Wildman–Crippen MR) is 137 cm³/mol. The Morgan fingerprint density at radius 2 is 1.79 bits per heavy atom. The summed E-state index contributed by atoms with van der Waals surface area (Å²) in [6, 6.07) is 5.81. The standard InChI is InChI=1S/C27H37N5O6/c1-7-16(8-2)24(33)31-23-19-12-11-18(32(19)30-15-29-23)20-21-22(38-26(5,6)36-21)27(13-28,37-20)14-35-25(34)17(9-3)10-4/h11-12,15-17,20-22H,7-10,14H2,1-6H3,(H,29,30,31,33)/t20-,21-,22-,27+/m0/s1. The van der Waals surface area contributed by atoms with Crippen LogP contribution in [0.2, 0.25) is 0 Å². The number of rotatable bonds is 10. The van der Waals surface area contributed by atoms with E-state index >= 15 is 0 Å². The van der Waals surface area contributed by atoms with Crippen molar-refractivity contribution in [2.45, 2.75) is 96.9 Å². The van der Waals surface area contributed by atoms with Gasteiger partial charge >= 0.3 is 5.97 Å². The fourth-order valence-electron chi connectivity index (χ4n) is 5.26. The van der Waals surface area contributed by atoms with E-state index in [4.69, 9.17) is 18.9 Å². The zero-order valence-electron chi connectivity index (χ0n) is 22.9. The van der Waals surface area contributed by atoms with Crippen LogP contribution in [-0.4, -0.2) is 56.7 Å². The first kappa shape index (κ1) is 28.0. The highest BCUT2D eigenvalue weighted by Crippen LogP contribution is 2.50. The normalized spacial score (nSPS) is 26.0. The monoisotopic (exact) mass is 527 g/mol. The number of esters is 1. The average Bonchev–Trinajstić information content (AvgIpc) is 3.55. The minimum absolute atomic E-state index is 0.104. The van der Waals surface area contributed by atoms with Crippen molar-refractivity contribution in [2.24, 2.45) is 11.8 Å². The maximum atomic E-state index is 12.7. The molecule has 2 fully saturated rings. The van der Waals surface area contributed by atoms with Crippen LogP contribution >= 0.6 is 0 Å². The molecule has 2 aromatic rings. The molecule has 1 amide bonds. The van der Waals surface area contributed by atoms with Crippen molar-refractivity contribution in [3.8, 4) is 6.07 Å². The van der Waals surface area contributed by atoms with Gasteiger partial charge in [-0.1, -0.05) is 27.7 Å². The van der Waals surface area contributed by atoms with Crippen LogP contribution in [0.15, 0.2) is 18.5 Å². The number of anilines is 1. The Hall–Kier alpha value is -3.07. The van der Waals surface area contributed by atoms with E-state index in [2.05, 4.69) is 21.5 Å². The third-order valence-corrected chi connectivity index (χ3v) is 7.53. The van der Waals surface area contributed by atoms with Gasteiger partial charge in [0.1, 0.15) is 42.8 Å². The Labute approximate surface area is 222 Å². The Bertz CT molecular complexity index is 1210. The smallest absolute Gasteiger partial charge is 0.309 e. The highest BCUT2D eigenvalue weighted by Gasteiger charge is 2.65. The van der Waals surface area contributed by atoms with Gasteiger partial charge in [0.05, 0.1) is 11.6 Å². The summed E-state index contributed by atoms with van der Waals surface area (Å²) >= 11 is 0. The van der Waals surface area contributed by atoms with E-state index in [0.717, 1.165) is 12.8 Å². The minimum Gasteiger partial charge on any atom is -0.461 e. The number of amides is 1. The van der Waals surface area contributed by atoms with Gasteiger partial charge in [0.15, 0.2) is 11.6 Å². The molecular weight excluding hydrogens is 490 g/mol. The molecule has 2 saturated heterocycles. The molecule has 0 saturated carbocycles. The first-order chi connectivity index (χ1) is 18.1. The highest BCUT2D eigenvalue weighted by atomic mass is 16.8. The molecule has 0 unspecified atom stereocenters. The predicted octanol–water partition coefficient (Wildman–Crippen LogP) is 3.94. The van der Waals surface area contributed by atoms with Crippen molar-refractivity contribution in [3.63, 3.8) is 0 Å². The fourth-order valence-corrected chi connectivity index (χ4v) is 5.26. The van der Waals surface area contributed by atoms with Gasteiger partial charge in [0, 0.05) is 5.92 Å². The fraction of sp³-hybridized carbons (Fsp3) is 0.667. The third-order valence-electron chi connectivity index (χ3n) is 7.53. The Morgan fingerprint density at radius 1 is 1.11 bits per heavy atom. The molecule has 1 N–H and O–H groups in total. The summed E-state index contributed by atoms with van der Waals surface area (Å²) in [7, 11) is 0. The van der Waals surface area contributed by atoms with Gasteiger partial charge in [-0.15, -0.1) is 0 Å². The molecular formula is C27H37N5O6. The highest BCUT2D eigenvalue weighted by molar-refractivity contribution is 5.95. The van der Waals surface area contributed by atoms with Crippen LogP contribution < -0.4 is 5.32 Å². The average molecular weight is 528 g/mol. The van der Waals surface area contributed by atoms with Crippen molar-refractivity contribution < 1.29 is 28.5 Å². The van der Waals surface area contributed by atoms with Gasteiger partial charge in [0.2, 0.25) is 11.5 Å². The van der Waals surface area contributed by atoms with Crippen molar-refractivity contribution in [3.05, 3.63) is 24.2 Å². The SMILES string of the molecule is CCC(CC)C(=O)Nc1ncnn2c([C@@H]3O[C@](C#N)(COC(=O)C(CC)CC)[C@H]4OC(C)(C)O[C@@H]34)ccc12. The Balaban J connectivity index is 1.66. The number of nitriles is 1. The second-order valence-electron chi connectivity index (χ2n) is 10.3. The Morgan fingerprint density at radius 3 is 2.42 bits per heavy atom. The summed E-state index contributed by atoms with van der Waals surface area (Å²) in [4.78, 5) is 29.6. The molecule has 11 nitrogen and oxygen atoms in total. The zero-order chi connectivity index (χ0) is 27.7. The van der Waals surface area contributed by atoms with Crippen LogP contribution in [-0.2, 0) is 28.5 Å². The number of hydrogen-bond donors (Lipinski definition) is 1. The molecule has 38 heavy (non-hydrogen) atoms. The quantitative estimate of drug-likeness (QED) is 0.455. The molecule has 0 radical (unpaired) electrons. The van der Waals surface area contributed by atoms with E-state index in [0.29, 0.717) is 29.9 Å². The lowest BCUT2D eigenvalue weighted by Gasteiger charge is -2.29. The molecule has 0 aliphatic carbocycles. The minimum atomic E-state index is -1.57. The lowest BCUT2D eigenvalue weighted by Crippen LogP contribution is -2.46. The number of aromatic nitrogens is 3. The molecule has 4 heterocycles. The second kappa shape index (κ2) is 11.0. The molecule has 4 rings (SSSR count). The molecule has 11 heteroatoms. The summed E-state index contributed by atoms with van der Waals surface area (Å²) in [5, 5.41) is 17.6. The van der Waals surface area contributed by atoms with Crippen molar-refractivity contribution in [2.75, 3.05) is 11.9 Å². The number of carbonyl (C=O) groups is 2. The molecule has 4 atom stereocenters. The number of nitrogens with one attached hydrogen (secondary N) is 1. The van der Waals surface area contributed by atoms with Crippen molar-refractivity contribution in [1.82, 2.24) is 14.6 Å². The van der Waals surface area contributed by atoms with E-state index < -0.39 is 29.7 Å². The van der Waals surface area contributed by atoms with E-state index in [9.17, 15) is 14.9 Å². The lowest BCUT2D eigenvalue weighted by atomic mass is 9.96. The summed E-state index contributed by atoms with van der Waals surface area (Å²) in [6.07, 6.45) is 1.87. The Kier molecular flexibility index (Phi) is 8.06. The van der Waals surface area contributed by atoms with E-state index in [1.807, 2.05) is 27.7 Å². The van der Waals surface area contributed by atoms with E-state index in [1.165, 1.54) is 6.33 Å². The zero-order valence-corrected chi connectivity index (χ0v) is 22.9. The first-order valence-corrected chi connectivity index (χ1v) is 13.4. The van der Waals surface area contributed by atoms with Crippen LogP contribution in [0.25, 0.3) is 5.52 Å². The molecule has 0 aromatic carbocycles. The van der Waals surface area contributed by atoms with Gasteiger partial charge in [-0.25, -0.2) is 9.50 Å². The van der Waals surface area contributed by atoms with E-state index in [1.54, 1.807) is 30.5 Å². The van der Waals surface area contributed by atoms with Gasteiger partial charge < -0.3 is 24.3 Å². The first-order valence-electron chi connectivity index (χ1n) is 13.4. The molecule has 0 bridgehead atoms. The number of hydrogen-bond acceptors (Lipinski definition) is 9. The van der Waals surface area contributed by atoms with Crippen LogP contribution in [0.1, 0.15) is 79.0 Å². The third kappa shape index (κ3) is 5.00. The maximum Gasteiger partial charge on any atom is 0.309 e. The second-order valence-corrected chi connectivity index (χ2v) is 10.3. The summed E-state index contributed by atoms with van der Waals surface area (Å²) < 4.78 is 25.9. The molecule has 2 aliphatic rings. The van der Waals surface area contributed by atoms with Crippen molar-refractivity contribution in [1.29, 1.82) is 5.26 Å². The topological polar surface area (TPSA) is 137 Å². The van der Waals surface area contributed by atoms with Gasteiger partial charge in [0.25, 0.3) is 0 Å². The summed E-state index contributed by atoms with van der Waals surface area (Å²) in [5.74, 6) is -1.44. The number of carbonyl (C=O) groups excluding carboxylic acids is 2. The number of ether oxygens (including phenoxy) is 4. The lowest BCUT2D eigenvalue weighted by molar-refractivity contribution is -0.208. The summed E-state index contributed by atoms with van der Waals surface area (Å²) in [5.41, 5.74) is -0.399. The number of fused-ring (bicyclic) bond motifs is 2. The van der Waals surface area contributed by atoms with Gasteiger partial charge in [-0.3, -0.25) is 9.59 Å². The van der Waals surface area contributed by atoms with Crippen molar-refractivity contribution >= 4 is 23.2 Å². The van der Waals surface area contributed by atoms with Crippen LogP contribution in [0.5, 0.6) is 0 Å².